The fourth-order valence-corrected chi connectivity index (χ4v) is 4.02. The Kier molecular flexibility index (Phi) is 5.22. The molecule has 0 saturated carbocycles. The van der Waals surface area contributed by atoms with Gasteiger partial charge in [-0.2, -0.15) is 0 Å². The lowest BCUT2D eigenvalue weighted by Gasteiger charge is -2.08. The molecule has 0 spiro atoms. The molecule has 6 nitrogen and oxygen atoms in total. The number of hydrogen-bond donors (Lipinski definition) is 1. The van der Waals surface area contributed by atoms with Crippen molar-refractivity contribution < 1.29 is 4.79 Å². The summed E-state index contributed by atoms with van der Waals surface area (Å²) in [5.74, 6) is 0.314. The Morgan fingerprint density at radius 2 is 1.93 bits per heavy atom. The summed E-state index contributed by atoms with van der Waals surface area (Å²) in [6, 6.07) is 13.5. The van der Waals surface area contributed by atoms with E-state index in [-0.39, 0.29) is 24.4 Å². The largest absolute Gasteiger partial charge is 0.311 e. The molecule has 0 bridgehead atoms. The number of aryl methyl sites for hydroxylation is 3. The van der Waals surface area contributed by atoms with Crippen LogP contribution >= 0.6 is 11.3 Å². The summed E-state index contributed by atoms with van der Waals surface area (Å²) in [4.78, 5) is 34.7. The average Bonchev–Trinajstić information content (AvgIpc) is 3.13. The SMILES string of the molecule is Cc1ccc(-c2csc3ncn(CCC(=O)Nc4cccc(C)n4)c(=O)c23)cc1. The standard InChI is InChI=1S/C22H20N4O2S/c1-14-6-8-16(9-7-14)17-12-29-21-20(17)22(28)26(13-23-21)11-10-19(27)25-18-5-3-4-15(2)24-18/h3-9,12-13H,10-11H2,1-2H3,(H,24,25,27). The van der Waals surface area contributed by atoms with E-state index < -0.39 is 0 Å². The van der Waals surface area contributed by atoms with Crippen LogP contribution in [0.25, 0.3) is 21.3 Å². The van der Waals surface area contributed by atoms with Gasteiger partial charge in [0.05, 0.1) is 11.7 Å². The number of carbonyl (C=O) groups is 1. The summed E-state index contributed by atoms with van der Waals surface area (Å²) < 4.78 is 1.50. The molecule has 146 valence electrons. The molecule has 0 unspecified atom stereocenters. The molecular formula is C22H20N4O2S. The fraction of sp³-hybridized carbons (Fsp3) is 0.182. The van der Waals surface area contributed by atoms with Crippen LogP contribution in [-0.4, -0.2) is 20.4 Å². The minimum absolute atomic E-state index is 0.131. The first-order valence-corrected chi connectivity index (χ1v) is 10.2. The molecule has 4 rings (SSSR count). The fourth-order valence-electron chi connectivity index (χ4n) is 3.11. The van der Waals surface area contributed by atoms with Crippen molar-refractivity contribution in [2.75, 3.05) is 5.32 Å². The lowest BCUT2D eigenvalue weighted by Crippen LogP contribution is -2.23. The van der Waals surface area contributed by atoms with E-state index in [0.717, 1.165) is 22.4 Å². The molecule has 0 saturated heterocycles. The lowest BCUT2D eigenvalue weighted by molar-refractivity contribution is -0.116. The Morgan fingerprint density at radius 3 is 2.69 bits per heavy atom. The van der Waals surface area contributed by atoms with Gasteiger partial charge in [-0.15, -0.1) is 11.3 Å². The number of thiophene rings is 1. The van der Waals surface area contributed by atoms with Gasteiger partial charge in [0.2, 0.25) is 5.91 Å². The first kappa shape index (κ1) is 19.0. The number of pyridine rings is 1. The van der Waals surface area contributed by atoms with E-state index in [2.05, 4.69) is 15.3 Å². The summed E-state index contributed by atoms with van der Waals surface area (Å²) in [6.07, 6.45) is 1.67. The van der Waals surface area contributed by atoms with Crippen LogP contribution in [0.2, 0.25) is 0 Å². The molecule has 4 aromatic rings. The second kappa shape index (κ2) is 7.97. The monoisotopic (exact) mass is 404 g/mol. The molecular weight excluding hydrogens is 384 g/mol. The Hall–Kier alpha value is -3.32. The topological polar surface area (TPSA) is 76.9 Å². The van der Waals surface area contributed by atoms with Crippen LogP contribution in [0.1, 0.15) is 17.7 Å². The molecule has 0 radical (unpaired) electrons. The van der Waals surface area contributed by atoms with Crippen molar-refractivity contribution in [3.63, 3.8) is 0 Å². The molecule has 0 aliphatic carbocycles. The van der Waals surface area contributed by atoms with Gasteiger partial charge in [0.25, 0.3) is 5.56 Å². The van der Waals surface area contributed by atoms with Gasteiger partial charge in [-0.3, -0.25) is 14.2 Å². The Labute approximate surface area is 171 Å². The minimum atomic E-state index is -0.195. The van der Waals surface area contributed by atoms with Crippen LogP contribution in [0.5, 0.6) is 0 Å². The minimum Gasteiger partial charge on any atom is -0.311 e. The lowest BCUT2D eigenvalue weighted by atomic mass is 10.1. The van der Waals surface area contributed by atoms with Crippen LogP contribution in [0, 0.1) is 13.8 Å². The smallest absolute Gasteiger partial charge is 0.262 e. The van der Waals surface area contributed by atoms with Crippen molar-refractivity contribution in [3.05, 3.63) is 75.8 Å². The van der Waals surface area contributed by atoms with E-state index in [1.807, 2.05) is 55.6 Å². The third kappa shape index (κ3) is 4.09. The number of nitrogens with zero attached hydrogens (tertiary/aromatic N) is 3. The van der Waals surface area contributed by atoms with Crippen molar-refractivity contribution >= 4 is 33.3 Å². The number of nitrogens with one attached hydrogen (secondary N) is 1. The number of rotatable bonds is 5. The number of amides is 1. The Balaban J connectivity index is 1.56. The first-order chi connectivity index (χ1) is 14.0. The van der Waals surface area contributed by atoms with Crippen molar-refractivity contribution in [1.82, 2.24) is 14.5 Å². The summed E-state index contributed by atoms with van der Waals surface area (Å²) in [6.45, 7) is 4.15. The predicted molar refractivity (Wildman–Crippen MR) is 116 cm³/mol. The highest BCUT2D eigenvalue weighted by molar-refractivity contribution is 7.17. The number of hydrogen-bond acceptors (Lipinski definition) is 5. The quantitative estimate of drug-likeness (QED) is 0.542. The predicted octanol–water partition coefficient (Wildman–Crippen LogP) is 4.17. The Bertz CT molecular complexity index is 1240. The molecule has 3 aromatic heterocycles. The molecule has 0 fully saturated rings. The maximum absolute atomic E-state index is 13.1. The van der Waals surface area contributed by atoms with E-state index in [9.17, 15) is 9.59 Å². The second-order valence-electron chi connectivity index (χ2n) is 6.90. The van der Waals surface area contributed by atoms with Crippen LogP contribution in [0.3, 0.4) is 0 Å². The van der Waals surface area contributed by atoms with Crippen molar-refractivity contribution in [2.45, 2.75) is 26.8 Å². The zero-order valence-electron chi connectivity index (χ0n) is 16.2. The van der Waals surface area contributed by atoms with Crippen molar-refractivity contribution in [2.24, 2.45) is 0 Å². The molecule has 1 N–H and O–H groups in total. The van der Waals surface area contributed by atoms with E-state index >= 15 is 0 Å². The highest BCUT2D eigenvalue weighted by atomic mass is 32.1. The van der Waals surface area contributed by atoms with Gasteiger partial charge in [-0.1, -0.05) is 35.9 Å². The zero-order valence-corrected chi connectivity index (χ0v) is 17.0. The number of carbonyl (C=O) groups excluding carboxylic acids is 1. The molecule has 1 aromatic carbocycles. The highest BCUT2D eigenvalue weighted by Gasteiger charge is 2.14. The van der Waals surface area contributed by atoms with Gasteiger partial charge < -0.3 is 5.32 Å². The summed E-state index contributed by atoms with van der Waals surface area (Å²) >= 11 is 1.45. The molecule has 7 heteroatoms. The van der Waals surface area contributed by atoms with Gasteiger partial charge in [0.1, 0.15) is 10.6 Å². The number of anilines is 1. The maximum atomic E-state index is 13.1. The van der Waals surface area contributed by atoms with Crippen LogP contribution in [0.15, 0.2) is 59.0 Å². The molecule has 0 aliphatic heterocycles. The van der Waals surface area contributed by atoms with E-state index in [0.29, 0.717) is 16.0 Å². The highest BCUT2D eigenvalue weighted by Crippen LogP contribution is 2.30. The molecule has 29 heavy (non-hydrogen) atoms. The van der Waals surface area contributed by atoms with Crippen molar-refractivity contribution in [1.29, 1.82) is 0 Å². The molecule has 3 heterocycles. The normalized spacial score (nSPS) is 11.0. The van der Waals surface area contributed by atoms with Crippen LogP contribution in [0.4, 0.5) is 5.82 Å². The van der Waals surface area contributed by atoms with Gasteiger partial charge in [0.15, 0.2) is 0 Å². The van der Waals surface area contributed by atoms with Crippen molar-refractivity contribution in [3.8, 4) is 11.1 Å². The molecule has 0 aliphatic rings. The second-order valence-corrected chi connectivity index (χ2v) is 7.76. The van der Waals surface area contributed by atoms with E-state index in [1.165, 1.54) is 22.2 Å². The van der Waals surface area contributed by atoms with Crippen LogP contribution < -0.4 is 10.9 Å². The van der Waals surface area contributed by atoms with E-state index in [4.69, 9.17) is 0 Å². The number of aromatic nitrogens is 3. The molecule has 0 atom stereocenters. The average molecular weight is 404 g/mol. The van der Waals surface area contributed by atoms with E-state index in [1.54, 1.807) is 6.07 Å². The molecule has 1 amide bonds. The number of benzene rings is 1. The third-order valence-corrected chi connectivity index (χ3v) is 5.55. The summed E-state index contributed by atoms with van der Waals surface area (Å²) in [5.41, 5.74) is 3.73. The maximum Gasteiger partial charge on any atom is 0.262 e. The summed E-state index contributed by atoms with van der Waals surface area (Å²) in [7, 11) is 0. The van der Waals surface area contributed by atoms with Crippen LogP contribution in [-0.2, 0) is 11.3 Å². The van der Waals surface area contributed by atoms with Gasteiger partial charge in [-0.25, -0.2) is 9.97 Å². The first-order valence-electron chi connectivity index (χ1n) is 9.28. The zero-order chi connectivity index (χ0) is 20.4. The number of fused-ring (bicyclic) bond motifs is 1. The van der Waals surface area contributed by atoms with Gasteiger partial charge in [0, 0.05) is 29.6 Å². The van der Waals surface area contributed by atoms with Gasteiger partial charge in [-0.05, 0) is 31.5 Å². The van der Waals surface area contributed by atoms with Gasteiger partial charge >= 0.3 is 0 Å². The Morgan fingerprint density at radius 1 is 1.14 bits per heavy atom. The summed E-state index contributed by atoms with van der Waals surface area (Å²) in [5, 5.41) is 5.33. The third-order valence-electron chi connectivity index (χ3n) is 4.66.